The Kier molecular flexibility index (Phi) is 11.3. The average molecular weight is 801 g/mol. The van der Waals surface area contributed by atoms with Crippen molar-refractivity contribution >= 4 is 51.2 Å². The van der Waals surface area contributed by atoms with Crippen molar-refractivity contribution in [2.45, 2.75) is 115 Å². The molecular weight excluding hydrogens is 754 g/mol. The highest BCUT2D eigenvalue weighted by molar-refractivity contribution is 7.14. The standard InChI is InChI=1S/C39H47F3N6O7S/c1-7-21-17-38(21,34(51)52)47-32(49)28-15-23(18-48(28)33(50)31(37(4,5)6)46-36(53)55-22-11-8-9-12-22)54-29-16-26(27-19-56-35(45-27)43-20(2)3)44-30-24(29)13-10-14-25(30)39(40,41)42/h7,10,13-14,16,19-23,28,31H,1,8-9,11-12,15,17-18H2,2-6H3,(H,43,45)(H,46,53)(H,47,49)(H,51,52)/t21-,23-,28+,31-,38-/m1/s1. The number of anilines is 1. The van der Waals surface area contributed by atoms with Gasteiger partial charge in [0.05, 0.1) is 23.3 Å². The number of hydrogen-bond acceptors (Lipinski definition) is 10. The molecule has 1 aromatic carbocycles. The predicted octanol–water partition coefficient (Wildman–Crippen LogP) is 6.77. The molecule has 5 atom stereocenters. The van der Waals surface area contributed by atoms with Gasteiger partial charge >= 0.3 is 18.2 Å². The highest BCUT2D eigenvalue weighted by atomic mass is 32.1. The Morgan fingerprint density at radius 3 is 2.41 bits per heavy atom. The first-order valence-electron chi connectivity index (χ1n) is 18.7. The summed E-state index contributed by atoms with van der Waals surface area (Å²) in [6, 6.07) is 2.69. The third-order valence-electron chi connectivity index (χ3n) is 10.4. The number of carboxylic acids is 1. The number of nitrogens with one attached hydrogen (secondary N) is 3. The van der Waals surface area contributed by atoms with Crippen molar-refractivity contribution in [1.82, 2.24) is 25.5 Å². The number of benzene rings is 1. The number of carboxylic acid groups (broad SMARTS) is 1. The van der Waals surface area contributed by atoms with E-state index in [4.69, 9.17) is 9.47 Å². The molecule has 3 aliphatic rings. The van der Waals surface area contributed by atoms with E-state index in [9.17, 15) is 37.5 Å². The van der Waals surface area contributed by atoms with E-state index in [1.165, 1.54) is 40.5 Å². The van der Waals surface area contributed by atoms with Gasteiger partial charge in [0.1, 0.15) is 41.3 Å². The van der Waals surface area contributed by atoms with Gasteiger partial charge in [0.25, 0.3) is 0 Å². The molecule has 6 rings (SSSR count). The number of ether oxygens (including phenoxy) is 2. The Hall–Kier alpha value is -4.93. The SMILES string of the molecule is C=C[C@@H]1C[C@]1(NC(=O)[C@@H]1C[C@@H](Oc2cc(-c3csc(NC(C)C)n3)nc3c(C(F)(F)F)cccc23)CN1C(=O)[C@@H](NC(=O)OC1CCCC1)C(C)(C)C)C(=O)O. The molecule has 4 N–H and O–H groups in total. The fourth-order valence-corrected chi connectivity index (χ4v) is 8.23. The third kappa shape index (κ3) is 8.56. The maximum Gasteiger partial charge on any atom is 0.418 e. The molecule has 0 spiro atoms. The Morgan fingerprint density at radius 1 is 1.09 bits per heavy atom. The lowest BCUT2D eigenvalue weighted by molar-refractivity contribution is -0.146. The quantitative estimate of drug-likeness (QED) is 0.143. The molecule has 3 amide bonds. The van der Waals surface area contributed by atoms with Gasteiger partial charge < -0.3 is 35.4 Å². The summed E-state index contributed by atoms with van der Waals surface area (Å²) in [6.45, 7) is 12.5. The molecule has 1 saturated heterocycles. The fraction of sp³-hybridized carbons (Fsp3) is 0.538. The van der Waals surface area contributed by atoms with Gasteiger partial charge in [0, 0.05) is 35.2 Å². The highest BCUT2D eigenvalue weighted by Gasteiger charge is 2.61. The summed E-state index contributed by atoms with van der Waals surface area (Å²) in [7, 11) is 0. The van der Waals surface area contributed by atoms with Crippen LogP contribution in [0.5, 0.6) is 5.75 Å². The first kappa shape index (κ1) is 40.7. The van der Waals surface area contributed by atoms with Crippen molar-refractivity contribution in [1.29, 1.82) is 0 Å². The number of rotatable bonds is 12. The monoisotopic (exact) mass is 800 g/mol. The largest absolute Gasteiger partial charge is 0.488 e. The summed E-state index contributed by atoms with van der Waals surface area (Å²) >= 11 is 1.26. The van der Waals surface area contributed by atoms with Crippen molar-refractivity contribution in [3.8, 4) is 17.1 Å². The maximum absolute atomic E-state index is 14.5. The zero-order valence-electron chi connectivity index (χ0n) is 31.9. The van der Waals surface area contributed by atoms with E-state index in [0.717, 1.165) is 18.9 Å². The van der Waals surface area contributed by atoms with E-state index in [0.29, 0.717) is 23.7 Å². The van der Waals surface area contributed by atoms with E-state index in [1.54, 1.807) is 26.2 Å². The van der Waals surface area contributed by atoms with Crippen molar-refractivity contribution < 1.29 is 46.9 Å². The van der Waals surface area contributed by atoms with Crippen LogP contribution in [0.2, 0.25) is 0 Å². The van der Waals surface area contributed by atoms with Crippen LogP contribution in [0.25, 0.3) is 22.3 Å². The highest BCUT2D eigenvalue weighted by Crippen LogP contribution is 2.45. The first-order chi connectivity index (χ1) is 26.3. The van der Waals surface area contributed by atoms with Crippen LogP contribution in [0.15, 0.2) is 42.3 Å². The van der Waals surface area contributed by atoms with Crippen LogP contribution in [0, 0.1) is 11.3 Å². The van der Waals surface area contributed by atoms with Gasteiger partial charge in [-0.25, -0.2) is 19.6 Å². The minimum atomic E-state index is -4.76. The minimum absolute atomic E-state index is 0.0162. The van der Waals surface area contributed by atoms with Crippen molar-refractivity contribution in [3.05, 3.63) is 47.9 Å². The number of carbonyl (C=O) groups excluding carboxylic acids is 3. The van der Waals surface area contributed by atoms with Crippen LogP contribution < -0.4 is 20.7 Å². The molecule has 0 bridgehead atoms. The molecule has 0 radical (unpaired) electrons. The van der Waals surface area contributed by atoms with Gasteiger partial charge in [-0.3, -0.25) is 9.59 Å². The van der Waals surface area contributed by atoms with Crippen molar-refractivity contribution in [2.24, 2.45) is 11.3 Å². The lowest BCUT2D eigenvalue weighted by Crippen LogP contribution is -2.59. The van der Waals surface area contributed by atoms with Crippen LogP contribution in [0.1, 0.15) is 78.7 Å². The molecule has 1 aliphatic heterocycles. The van der Waals surface area contributed by atoms with Gasteiger partial charge in [-0.15, -0.1) is 17.9 Å². The molecule has 17 heteroatoms. The summed E-state index contributed by atoms with van der Waals surface area (Å²) in [4.78, 5) is 64.2. The van der Waals surface area contributed by atoms with Crippen LogP contribution >= 0.6 is 11.3 Å². The number of para-hydroxylation sites is 1. The smallest absolute Gasteiger partial charge is 0.418 e. The molecule has 3 aromatic rings. The Bertz CT molecular complexity index is 2010. The second-order valence-electron chi connectivity index (χ2n) is 16.1. The molecule has 302 valence electrons. The zero-order chi connectivity index (χ0) is 40.7. The van der Waals surface area contributed by atoms with Crippen LogP contribution in [-0.4, -0.2) is 86.3 Å². The molecule has 2 saturated carbocycles. The Balaban J connectivity index is 1.36. The lowest BCUT2D eigenvalue weighted by atomic mass is 9.85. The van der Waals surface area contributed by atoms with Gasteiger partial charge in [0.15, 0.2) is 5.13 Å². The molecule has 2 aliphatic carbocycles. The molecule has 0 unspecified atom stereocenters. The van der Waals surface area contributed by atoms with Crippen LogP contribution in [0.4, 0.5) is 23.1 Å². The molecular formula is C39H47F3N6O7S. The van der Waals surface area contributed by atoms with Gasteiger partial charge in [-0.1, -0.05) is 32.9 Å². The van der Waals surface area contributed by atoms with Gasteiger partial charge in [-0.05, 0) is 63.5 Å². The Morgan fingerprint density at radius 2 is 1.80 bits per heavy atom. The average Bonchev–Trinajstić information content (AvgIpc) is 3.52. The van der Waals surface area contributed by atoms with E-state index >= 15 is 0 Å². The van der Waals surface area contributed by atoms with Crippen LogP contribution in [-0.2, 0) is 25.3 Å². The fourth-order valence-electron chi connectivity index (χ4n) is 7.38. The number of alkyl halides is 3. The normalized spacial score (nSPS) is 23.2. The molecule has 56 heavy (non-hydrogen) atoms. The summed E-state index contributed by atoms with van der Waals surface area (Å²) in [5.74, 6) is -3.18. The summed E-state index contributed by atoms with van der Waals surface area (Å²) < 4.78 is 55.1. The number of fused-ring (bicyclic) bond motifs is 1. The lowest BCUT2D eigenvalue weighted by Gasteiger charge is -2.35. The number of likely N-dealkylation sites (tertiary alicyclic amines) is 1. The topological polar surface area (TPSA) is 172 Å². The number of nitrogens with zero attached hydrogens (tertiary/aromatic N) is 3. The van der Waals surface area contributed by atoms with Gasteiger partial charge in [-0.2, -0.15) is 13.2 Å². The van der Waals surface area contributed by atoms with E-state index in [2.05, 4.69) is 32.5 Å². The summed E-state index contributed by atoms with van der Waals surface area (Å²) in [6.07, 6.45) is -2.12. The zero-order valence-corrected chi connectivity index (χ0v) is 32.7. The number of hydrogen-bond donors (Lipinski definition) is 4. The number of halogens is 3. The maximum atomic E-state index is 14.5. The van der Waals surface area contributed by atoms with Crippen molar-refractivity contribution in [3.63, 3.8) is 0 Å². The van der Waals surface area contributed by atoms with Gasteiger partial charge in [0.2, 0.25) is 11.8 Å². The number of alkyl carbamates (subject to hydrolysis) is 1. The van der Waals surface area contributed by atoms with E-state index in [1.807, 2.05) is 13.8 Å². The Labute approximate surface area is 326 Å². The first-order valence-corrected chi connectivity index (χ1v) is 19.5. The summed E-state index contributed by atoms with van der Waals surface area (Å²) in [5, 5.41) is 20.8. The predicted molar refractivity (Wildman–Crippen MR) is 203 cm³/mol. The third-order valence-corrected chi connectivity index (χ3v) is 11.2. The number of thiazole rings is 1. The second kappa shape index (κ2) is 15.5. The van der Waals surface area contributed by atoms with E-state index < -0.39 is 70.7 Å². The number of aliphatic carboxylic acids is 1. The summed E-state index contributed by atoms with van der Waals surface area (Å²) in [5.41, 5.74) is -3.42. The van der Waals surface area contributed by atoms with Crippen LogP contribution in [0.3, 0.4) is 0 Å². The molecule has 13 nitrogen and oxygen atoms in total. The minimum Gasteiger partial charge on any atom is -0.488 e. The molecule has 3 fully saturated rings. The number of aromatic nitrogens is 2. The molecule has 3 heterocycles. The molecule has 2 aromatic heterocycles. The second-order valence-corrected chi connectivity index (χ2v) is 16.9. The number of amides is 3. The number of carbonyl (C=O) groups is 4. The van der Waals surface area contributed by atoms with Crippen molar-refractivity contribution in [2.75, 3.05) is 11.9 Å². The van der Waals surface area contributed by atoms with E-state index in [-0.39, 0.29) is 53.9 Å². The number of pyridine rings is 1.